The zero-order valence-corrected chi connectivity index (χ0v) is 31.1. The van der Waals surface area contributed by atoms with Crippen LogP contribution >= 0.6 is 0 Å². The second kappa shape index (κ2) is 17.4. The van der Waals surface area contributed by atoms with Crippen LogP contribution in [0, 0.1) is 13.8 Å². The summed E-state index contributed by atoms with van der Waals surface area (Å²) in [6, 6.07) is 18.9. The zero-order chi connectivity index (χ0) is 36.5. The number of hydrogen-bond donors (Lipinski definition) is 2. The molecule has 266 valence electrons. The lowest BCUT2D eigenvalue weighted by Gasteiger charge is -2.20. The van der Waals surface area contributed by atoms with Gasteiger partial charge in [0.15, 0.2) is 0 Å². The molecule has 0 spiro atoms. The van der Waals surface area contributed by atoms with Gasteiger partial charge >= 0.3 is 11.9 Å². The van der Waals surface area contributed by atoms with Crippen LogP contribution in [-0.2, 0) is 22.4 Å². The molecule has 50 heavy (non-hydrogen) atoms. The van der Waals surface area contributed by atoms with Gasteiger partial charge in [0, 0.05) is 0 Å². The van der Waals surface area contributed by atoms with Gasteiger partial charge in [-0.05, 0) is 109 Å². The van der Waals surface area contributed by atoms with Gasteiger partial charge < -0.3 is 19.7 Å². The Bertz CT molecular complexity index is 1680. The topological polar surface area (TPSA) is 93.1 Å². The molecule has 4 aromatic rings. The fraction of sp³-hybridized carbons (Fsp3) is 0.409. The van der Waals surface area contributed by atoms with Crippen molar-refractivity contribution in [1.82, 2.24) is 0 Å². The first-order chi connectivity index (χ1) is 23.8. The molecule has 0 aliphatic carbocycles. The summed E-state index contributed by atoms with van der Waals surface area (Å²) in [6.45, 7) is 16.4. The highest BCUT2D eigenvalue weighted by atomic mass is 16.6. The monoisotopic (exact) mass is 678 g/mol. The standard InChI is InChI=1S/C44H54O6/c1-9-11-13-15-31-23-37(45)41(35-21-29(7)17-19-33(35)27(3)4)39(25-31)49-43(47)44(48)50-40-26-32(16-14-12-10-2)24-38(46)42(40)36-22-30(8)18-20-34(36)28(5)6/h17-28,45-46H,9-16H2,1-8H3. The quantitative estimate of drug-likeness (QED) is 0.0597. The van der Waals surface area contributed by atoms with Gasteiger partial charge in [0.05, 0.1) is 11.1 Å². The predicted octanol–water partition coefficient (Wildman–Crippen LogP) is 11.3. The Morgan fingerprint density at radius 2 is 0.960 bits per heavy atom. The lowest BCUT2D eigenvalue weighted by Crippen LogP contribution is -2.26. The van der Waals surface area contributed by atoms with Crippen molar-refractivity contribution in [2.45, 2.75) is 119 Å². The van der Waals surface area contributed by atoms with Crippen molar-refractivity contribution in [3.05, 3.63) is 94.0 Å². The Hall–Kier alpha value is -4.58. The number of rotatable bonds is 14. The van der Waals surface area contributed by atoms with Gasteiger partial charge in [-0.1, -0.05) is 115 Å². The van der Waals surface area contributed by atoms with Crippen molar-refractivity contribution in [2.24, 2.45) is 0 Å². The van der Waals surface area contributed by atoms with Crippen LogP contribution in [0.15, 0.2) is 60.7 Å². The Labute approximate surface area is 298 Å². The molecule has 0 aliphatic rings. The highest BCUT2D eigenvalue weighted by Crippen LogP contribution is 2.45. The molecule has 4 rings (SSSR count). The average molecular weight is 679 g/mol. The predicted molar refractivity (Wildman–Crippen MR) is 202 cm³/mol. The fourth-order valence-corrected chi connectivity index (χ4v) is 6.53. The molecule has 0 bridgehead atoms. The van der Waals surface area contributed by atoms with Gasteiger partial charge in [0.25, 0.3) is 0 Å². The van der Waals surface area contributed by atoms with Gasteiger partial charge in [0.2, 0.25) is 0 Å². The number of ether oxygens (including phenoxy) is 2. The number of benzene rings is 4. The Balaban J connectivity index is 1.79. The molecule has 0 amide bonds. The maximum absolute atomic E-state index is 13.7. The second-order valence-corrected chi connectivity index (χ2v) is 14.2. The van der Waals surface area contributed by atoms with Crippen LogP contribution in [-0.4, -0.2) is 22.2 Å². The van der Waals surface area contributed by atoms with Crippen LogP contribution in [0.5, 0.6) is 23.0 Å². The Morgan fingerprint density at radius 1 is 0.580 bits per heavy atom. The molecule has 0 aliphatic heterocycles. The van der Waals surface area contributed by atoms with Crippen LogP contribution in [0.1, 0.15) is 125 Å². The summed E-state index contributed by atoms with van der Waals surface area (Å²) in [4.78, 5) is 27.4. The third-order valence-electron chi connectivity index (χ3n) is 9.19. The van der Waals surface area contributed by atoms with Crippen molar-refractivity contribution in [2.75, 3.05) is 0 Å². The summed E-state index contributed by atoms with van der Waals surface area (Å²) < 4.78 is 11.7. The Morgan fingerprint density at radius 3 is 1.30 bits per heavy atom. The maximum atomic E-state index is 13.7. The third-order valence-corrected chi connectivity index (χ3v) is 9.19. The van der Waals surface area contributed by atoms with Gasteiger partial charge in [-0.25, -0.2) is 9.59 Å². The number of phenols is 2. The third kappa shape index (κ3) is 9.35. The minimum absolute atomic E-state index is 0.0182. The first kappa shape index (κ1) is 38.2. The molecule has 4 aromatic carbocycles. The van der Waals surface area contributed by atoms with Crippen LogP contribution in [0.4, 0.5) is 0 Å². The van der Waals surface area contributed by atoms with E-state index in [9.17, 15) is 19.8 Å². The summed E-state index contributed by atoms with van der Waals surface area (Å²) in [7, 11) is 0. The molecule has 0 unspecified atom stereocenters. The van der Waals surface area contributed by atoms with E-state index in [4.69, 9.17) is 9.47 Å². The van der Waals surface area contributed by atoms with Crippen molar-refractivity contribution in [3.63, 3.8) is 0 Å². The van der Waals surface area contributed by atoms with Crippen molar-refractivity contribution >= 4 is 11.9 Å². The maximum Gasteiger partial charge on any atom is 0.423 e. The van der Waals surface area contributed by atoms with E-state index in [2.05, 4.69) is 41.5 Å². The van der Waals surface area contributed by atoms with Crippen LogP contribution in [0.25, 0.3) is 22.3 Å². The number of carbonyl (C=O) groups excluding carboxylic acids is 2. The highest BCUT2D eigenvalue weighted by molar-refractivity contribution is 6.31. The molecule has 0 aromatic heterocycles. The lowest BCUT2D eigenvalue weighted by molar-refractivity contribution is -0.156. The van der Waals surface area contributed by atoms with E-state index in [0.717, 1.165) is 83.0 Å². The molecular formula is C44H54O6. The van der Waals surface area contributed by atoms with Gasteiger partial charge in [0.1, 0.15) is 23.0 Å². The normalized spacial score (nSPS) is 11.3. The van der Waals surface area contributed by atoms with E-state index in [1.807, 2.05) is 50.2 Å². The summed E-state index contributed by atoms with van der Waals surface area (Å²) in [6.07, 6.45) is 7.30. The van der Waals surface area contributed by atoms with Crippen LogP contribution < -0.4 is 9.47 Å². The molecule has 0 heterocycles. The number of esters is 2. The zero-order valence-electron chi connectivity index (χ0n) is 31.1. The largest absolute Gasteiger partial charge is 0.507 e. The molecule has 6 heteroatoms. The number of aromatic hydroxyl groups is 2. The summed E-state index contributed by atoms with van der Waals surface area (Å²) in [5.41, 5.74) is 7.72. The van der Waals surface area contributed by atoms with E-state index < -0.39 is 11.9 Å². The lowest BCUT2D eigenvalue weighted by atomic mass is 9.89. The fourth-order valence-electron chi connectivity index (χ4n) is 6.53. The SMILES string of the molecule is CCCCCc1cc(O)c(-c2cc(C)ccc2C(C)C)c(OC(=O)C(=O)Oc2cc(CCCCC)cc(O)c2-c2cc(C)ccc2C(C)C)c1. The number of aryl methyl sites for hydroxylation is 4. The van der Waals surface area contributed by atoms with Gasteiger partial charge in [-0.15, -0.1) is 0 Å². The van der Waals surface area contributed by atoms with E-state index in [1.54, 1.807) is 24.3 Å². The van der Waals surface area contributed by atoms with Crippen LogP contribution in [0.2, 0.25) is 0 Å². The number of hydrogen-bond acceptors (Lipinski definition) is 6. The average Bonchev–Trinajstić information content (AvgIpc) is 3.04. The Kier molecular flexibility index (Phi) is 13.3. The van der Waals surface area contributed by atoms with E-state index in [0.29, 0.717) is 24.0 Å². The van der Waals surface area contributed by atoms with Gasteiger partial charge in [-0.3, -0.25) is 0 Å². The first-order valence-corrected chi connectivity index (χ1v) is 18.2. The second-order valence-electron chi connectivity index (χ2n) is 14.2. The molecule has 6 nitrogen and oxygen atoms in total. The van der Waals surface area contributed by atoms with E-state index in [1.165, 1.54) is 0 Å². The number of unbranched alkanes of at least 4 members (excludes halogenated alkanes) is 4. The molecule has 0 atom stereocenters. The van der Waals surface area contributed by atoms with E-state index >= 15 is 0 Å². The molecule has 0 radical (unpaired) electrons. The summed E-state index contributed by atoms with van der Waals surface area (Å²) >= 11 is 0. The molecule has 0 saturated heterocycles. The first-order valence-electron chi connectivity index (χ1n) is 18.2. The molecule has 0 saturated carbocycles. The van der Waals surface area contributed by atoms with Crippen molar-refractivity contribution in [1.29, 1.82) is 0 Å². The summed E-state index contributed by atoms with van der Waals surface area (Å²) in [5, 5.41) is 22.9. The van der Waals surface area contributed by atoms with Crippen molar-refractivity contribution < 1.29 is 29.3 Å². The highest BCUT2D eigenvalue weighted by Gasteiger charge is 2.28. The minimum atomic E-state index is -1.22. The molecule has 0 fully saturated rings. The molecule has 2 N–H and O–H groups in total. The minimum Gasteiger partial charge on any atom is -0.507 e. The summed E-state index contributed by atoms with van der Waals surface area (Å²) in [5.74, 6) is -2.03. The van der Waals surface area contributed by atoms with Gasteiger partial charge in [-0.2, -0.15) is 0 Å². The number of phenolic OH excluding ortho intramolecular Hbond substituents is 2. The van der Waals surface area contributed by atoms with Crippen LogP contribution in [0.3, 0.4) is 0 Å². The molecular weight excluding hydrogens is 624 g/mol. The smallest absolute Gasteiger partial charge is 0.423 e. The number of carbonyl (C=O) groups is 2. The van der Waals surface area contributed by atoms with Crippen molar-refractivity contribution in [3.8, 4) is 45.3 Å². The van der Waals surface area contributed by atoms with E-state index in [-0.39, 0.29) is 34.8 Å².